The molecule has 29 heavy (non-hydrogen) atoms. The Morgan fingerprint density at radius 3 is 2.69 bits per heavy atom. The van der Waals surface area contributed by atoms with Crippen LogP contribution in [0.15, 0.2) is 48.9 Å². The van der Waals surface area contributed by atoms with Crippen LogP contribution in [0.4, 0.5) is 22.1 Å². The van der Waals surface area contributed by atoms with Crippen LogP contribution in [-0.2, 0) is 7.05 Å². The van der Waals surface area contributed by atoms with Crippen LogP contribution in [0.2, 0.25) is 5.02 Å². The Morgan fingerprint density at radius 1 is 1.17 bits per heavy atom. The highest BCUT2D eigenvalue weighted by molar-refractivity contribution is 6.38. The van der Waals surface area contributed by atoms with E-state index >= 15 is 0 Å². The van der Waals surface area contributed by atoms with Crippen molar-refractivity contribution in [3.8, 4) is 11.3 Å². The van der Waals surface area contributed by atoms with Crippen LogP contribution in [0.1, 0.15) is 5.56 Å². The Balaban J connectivity index is 1.70. The van der Waals surface area contributed by atoms with Crippen molar-refractivity contribution in [1.29, 1.82) is 0 Å². The summed E-state index contributed by atoms with van der Waals surface area (Å²) in [7, 11) is 1.76. The largest absolute Gasteiger partial charge is 0.383 e. The molecule has 0 spiro atoms. The van der Waals surface area contributed by atoms with Crippen molar-refractivity contribution in [2.45, 2.75) is 6.92 Å². The van der Waals surface area contributed by atoms with E-state index in [1.807, 2.05) is 31.2 Å². The number of anilines is 3. The van der Waals surface area contributed by atoms with Crippen molar-refractivity contribution < 1.29 is 4.79 Å². The Bertz CT molecular complexity index is 1230. The number of rotatable bonds is 3. The number of pyridine rings is 2. The number of benzene rings is 1. The van der Waals surface area contributed by atoms with Gasteiger partial charge in [0.15, 0.2) is 0 Å². The number of urea groups is 1. The van der Waals surface area contributed by atoms with Crippen molar-refractivity contribution >= 4 is 45.7 Å². The zero-order valence-corrected chi connectivity index (χ0v) is 16.5. The Labute approximate surface area is 171 Å². The number of carbonyl (C=O) groups is 1. The fourth-order valence-electron chi connectivity index (χ4n) is 3.05. The molecule has 0 fully saturated rings. The summed E-state index contributed by atoms with van der Waals surface area (Å²) in [5.74, 6) is 0.656. The van der Waals surface area contributed by atoms with E-state index < -0.39 is 6.03 Å². The molecule has 0 aliphatic heterocycles. The number of aryl methyl sites for hydroxylation is 2. The van der Waals surface area contributed by atoms with Crippen molar-refractivity contribution in [3.05, 3.63) is 59.5 Å². The first-order chi connectivity index (χ1) is 13.9. The molecule has 0 aliphatic rings. The number of nitrogens with one attached hydrogen (secondary N) is 2. The molecule has 2 amide bonds. The van der Waals surface area contributed by atoms with Crippen LogP contribution in [0.5, 0.6) is 0 Å². The van der Waals surface area contributed by atoms with Gasteiger partial charge in [-0.2, -0.15) is 5.10 Å². The monoisotopic (exact) mass is 407 g/mol. The van der Waals surface area contributed by atoms with Gasteiger partial charge >= 0.3 is 6.03 Å². The highest BCUT2D eigenvalue weighted by Crippen LogP contribution is 2.37. The minimum atomic E-state index is -0.442. The molecule has 4 aromatic rings. The van der Waals surface area contributed by atoms with Crippen molar-refractivity contribution in [1.82, 2.24) is 19.7 Å². The van der Waals surface area contributed by atoms with Gasteiger partial charge in [-0.3, -0.25) is 10.00 Å². The molecular formula is C20H18ClN7O. The van der Waals surface area contributed by atoms with Crippen LogP contribution in [0, 0.1) is 6.92 Å². The second kappa shape index (κ2) is 7.40. The lowest BCUT2D eigenvalue weighted by atomic mass is 10.0. The molecule has 0 saturated carbocycles. The number of carbonyl (C=O) groups excluding carboxylic acids is 1. The number of aromatic nitrogens is 4. The lowest BCUT2D eigenvalue weighted by Gasteiger charge is -2.13. The highest BCUT2D eigenvalue weighted by atomic mass is 35.5. The maximum Gasteiger partial charge on any atom is 0.324 e. The second-order valence-electron chi connectivity index (χ2n) is 6.57. The van der Waals surface area contributed by atoms with Crippen molar-refractivity contribution in [3.63, 3.8) is 0 Å². The molecule has 146 valence electrons. The molecule has 0 radical (unpaired) electrons. The van der Waals surface area contributed by atoms with E-state index in [2.05, 4.69) is 25.7 Å². The number of nitrogens with two attached hydrogens (primary N) is 1. The van der Waals surface area contributed by atoms with Crippen LogP contribution in [0.3, 0.4) is 0 Å². The summed E-state index contributed by atoms with van der Waals surface area (Å²) < 4.78 is 1.59. The van der Waals surface area contributed by atoms with Crippen LogP contribution < -0.4 is 16.4 Å². The van der Waals surface area contributed by atoms with E-state index in [1.54, 1.807) is 36.4 Å². The van der Waals surface area contributed by atoms with Gasteiger partial charge in [0.05, 0.1) is 22.6 Å². The quantitative estimate of drug-likeness (QED) is 0.471. The Hall–Kier alpha value is -3.65. The van der Waals surface area contributed by atoms with E-state index in [9.17, 15) is 4.79 Å². The van der Waals surface area contributed by atoms with Crippen LogP contribution in [0.25, 0.3) is 22.0 Å². The topological polar surface area (TPSA) is 111 Å². The number of amides is 2. The predicted octanol–water partition coefficient (Wildman–Crippen LogP) is 4.22. The average molecular weight is 408 g/mol. The number of fused-ring (bicyclic) bond motifs is 1. The number of hydrogen-bond donors (Lipinski definition) is 3. The third-order valence-corrected chi connectivity index (χ3v) is 4.84. The molecule has 8 nitrogen and oxygen atoms in total. The maximum absolute atomic E-state index is 12.2. The summed E-state index contributed by atoms with van der Waals surface area (Å²) in [6, 6.07) is 9.03. The van der Waals surface area contributed by atoms with Gasteiger partial charge in [-0.25, -0.2) is 14.8 Å². The first kappa shape index (κ1) is 18.7. The second-order valence-corrected chi connectivity index (χ2v) is 6.95. The zero-order valence-electron chi connectivity index (χ0n) is 15.8. The van der Waals surface area contributed by atoms with E-state index in [4.69, 9.17) is 17.3 Å². The number of nitrogen functional groups attached to an aromatic ring is 1. The van der Waals surface area contributed by atoms with Gasteiger partial charge in [0.1, 0.15) is 11.6 Å². The summed E-state index contributed by atoms with van der Waals surface area (Å²) in [5, 5.41) is 11.1. The first-order valence-corrected chi connectivity index (χ1v) is 9.17. The number of halogens is 1. The van der Waals surface area contributed by atoms with Gasteiger partial charge in [0.2, 0.25) is 0 Å². The molecule has 3 aromatic heterocycles. The third-order valence-electron chi connectivity index (χ3n) is 4.46. The van der Waals surface area contributed by atoms with Gasteiger partial charge in [-0.15, -0.1) is 0 Å². The van der Waals surface area contributed by atoms with Gasteiger partial charge in [0, 0.05) is 35.8 Å². The highest BCUT2D eigenvalue weighted by Gasteiger charge is 2.16. The van der Waals surface area contributed by atoms with Crippen molar-refractivity contribution in [2.75, 3.05) is 16.4 Å². The molecule has 1 aromatic carbocycles. The molecule has 4 rings (SSSR count). The molecule has 0 aliphatic carbocycles. The summed E-state index contributed by atoms with van der Waals surface area (Å²) in [6.45, 7) is 1.98. The average Bonchev–Trinajstić information content (AvgIpc) is 3.09. The third kappa shape index (κ3) is 3.70. The molecule has 3 heterocycles. The molecular weight excluding hydrogens is 390 g/mol. The smallest absolute Gasteiger partial charge is 0.324 e. The lowest BCUT2D eigenvalue weighted by Crippen LogP contribution is -2.19. The molecule has 0 bridgehead atoms. The maximum atomic E-state index is 12.2. The fourth-order valence-corrected chi connectivity index (χ4v) is 3.35. The molecule has 0 unspecified atom stereocenters. The summed E-state index contributed by atoms with van der Waals surface area (Å²) >= 11 is 6.68. The van der Waals surface area contributed by atoms with E-state index in [0.717, 1.165) is 11.1 Å². The minimum absolute atomic E-state index is 0.321. The first-order valence-electron chi connectivity index (χ1n) is 8.80. The van der Waals surface area contributed by atoms with Gasteiger partial charge < -0.3 is 11.1 Å². The van der Waals surface area contributed by atoms with E-state index in [0.29, 0.717) is 38.8 Å². The van der Waals surface area contributed by atoms with Gasteiger partial charge in [0.25, 0.3) is 0 Å². The van der Waals surface area contributed by atoms with E-state index in [-0.39, 0.29) is 0 Å². The predicted molar refractivity (Wildman–Crippen MR) is 115 cm³/mol. The minimum Gasteiger partial charge on any atom is -0.383 e. The summed E-state index contributed by atoms with van der Waals surface area (Å²) in [6.07, 6.45) is 4.78. The SMILES string of the molecule is Cc1ccccc1-c1nc(N)c2cnc(NC(=O)Nc3cnn(C)c3)cc2c1Cl. The lowest BCUT2D eigenvalue weighted by molar-refractivity contribution is 0.262. The van der Waals surface area contributed by atoms with Gasteiger partial charge in [-0.1, -0.05) is 35.9 Å². The Kier molecular flexibility index (Phi) is 4.77. The zero-order chi connectivity index (χ0) is 20.5. The molecule has 4 N–H and O–H groups in total. The van der Waals surface area contributed by atoms with Crippen molar-refractivity contribution in [2.24, 2.45) is 7.05 Å². The number of nitrogens with zero attached hydrogens (tertiary/aromatic N) is 4. The van der Waals surface area contributed by atoms with Gasteiger partial charge in [-0.05, 0) is 18.6 Å². The fraction of sp³-hybridized carbons (Fsp3) is 0.100. The molecule has 0 atom stereocenters. The Morgan fingerprint density at radius 2 is 1.97 bits per heavy atom. The van der Waals surface area contributed by atoms with Crippen LogP contribution in [-0.4, -0.2) is 25.8 Å². The number of hydrogen-bond acceptors (Lipinski definition) is 5. The van der Waals surface area contributed by atoms with E-state index in [1.165, 1.54) is 0 Å². The standard InChI is InChI=1S/C20H18ClN7O/c1-11-5-3-4-6-13(11)18-17(21)14-7-16(23-9-15(14)19(22)27-18)26-20(29)25-12-8-24-28(2)10-12/h3-10H,1-2H3,(H2,22,27)(H2,23,25,26,29). The molecule has 9 heteroatoms. The normalized spacial score (nSPS) is 10.9. The summed E-state index contributed by atoms with van der Waals surface area (Å²) in [5.41, 5.74) is 9.24. The van der Waals surface area contributed by atoms with Crippen LogP contribution >= 0.6 is 11.6 Å². The molecule has 0 saturated heterocycles. The summed E-state index contributed by atoms with van der Waals surface area (Å²) in [4.78, 5) is 21.0.